The molecule has 1 aliphatic rings. The second kappa shape index (κ2) is 14.7. The first kappa shape index (κ1) is 32.9. The zero-order valence-electron chi connectivity index (χ0n) is 24.5. The first-order valence-electron chi connectivity index (χ1n) is 14.1. The number of halogens is 1. The van der Waals surface area contributed by atoms with E-state index in [0.29, 0.717) is 0 Å². The van der Waals surface area contributed by atoms with Gasteiger partial charge in [0.25, 0.3) is 5.69 Å². The number of amides is 2. The second-order valence-corrected chi connectivity index (χ2v) is 13.6. The van der Waals surface area contributed by atoms with Crippen molar-refractivity contribution in [2.24, 2.45) is 0 Å². The number of anilines is 1. The summed E-state index contributed by atoms with van der Waals surface area (Å²) < 4.78 is 33.1. The van der Waals surface area contributed by atoms with E-state index in [0.717, 1.165) is 57.9 Å². The van der Waals surface area contributed by atoms with Crippen molar-refractivity contribution >= 4 is 49.1 Å². The zero-order valence-corrected chi connectivity index (χ0v) is 26.9. The molecule has 0 saturated heterocycles. The third-order valence-electron chi connectivity index (χ3n) is 7.54. The van der Waals surface area contributed by atoms with Crippen LogP contribution < -0.4 is 14.4 Å². The Bertz CT molecular complexity index is 1600. The largest absolute Gasteiger partial charge is 0.495 e. The molecule has 1 saturated carbocycles. The molecule has 1 atom stereocenters. The number of nitro benzene ring substituents is 1. The lowest BCUT2D eigenvalue weighted by molar-refractivity contribution is -0.384. The Morgan fingerprint density at radius 2 is 1.73 bits per heavy atom. The Morgan fingerprint density at radius 3 is 2.34 bits per heavy atom. The SMILES string of the molecule is COc1ccc([N+](=O)[O-])cc1N(CC(=O)N(Cc1cccc(Br)c1)C(Cc1ccccc1)C(=O)NC1CCCC1)S(C)(=O)=O. The van der Waals surface area contributed by atoms with Gasteiger partial charge in [0.05, 0.1) is 18.3 Å². The molecule has 1 fully saturated rings. The van der Waals surface area contributed by atoms with Gasteiger partial charge in [-0.3, -0.25) is 24.0 Å². The fourth-order valence-corrected chi connectivity index (χ4v) is 6.63. The Kier molecular flexibility index (Phi) is 11.0. The first-order valence-corrected chi connectivity index (χ1v) is 16.8. The van der Waals surface area contributed by atoms with Gasteiger partial charge in [0, 0.05) is 35.6 Å². The summed E-state index contributed by atoms with van der Waals surface area (Å²) >= 11 is 3.46. The van der Waals surface area contributed by atoms with Gasteiger partial charge in [-0.25, -0.2) is 8.42 Å². The number of hydrogen-bond acceptors (Lipinski definition) is 7. The van der Waals surface area contributed by atoms with Crippen LogP contribution in [-0.4, -0.2) is 62.0 Å². The standard InChI is InChI=1S/C31H35BrN4O7S/c1-43-29-16-15-26(36(39)40)19-27(29)35(44(2,41)42)21-30(37)34(20-23-11-8-12-24(32)17-23)28(18-22-9-4-3-5-10-22)31(38)33-25-13-6-7-14-25/h3-5,8-12,15-17,19,25,28H,6-7,13-14,18,20-21H2,1-2H3,(H,33,38). The van der Waals surface area contributed by atoms with E-state index in [4.69, 9.17) is 4.74 Å². The number of nitro groups is 1. The smallest absolute Gasteiger partial charge is 0.271 e. The average Bonchev–Trinajstić information content (AvgIpc) is 3.50. The number of rotatable bonds is 13. The summed E-state index contributed by atoms with van der Waals surface area (Å²) in [6.45, 7) is -0.704. The van der Waals surface area contributed by atoms with Crippen molar-refractivity contribution in [1.82, 2.24) is 10.2 Å². The monoisotopic (exact) mass is 686 g/mol. The van der Waals surface area contributed by atoms with E-state index in [9.17, 15) is 28.1 Å². The predicted octanol–water partition coefficient (Wildman–Crippen LogP) is 4.83. The maximum Gasteiger partial charge on any atom is 0.271 e. The van der Waals surface area contributed by atoms with E-state index in [-0.39, 0.29) is 42.0 Å². The number of methoxy groups -OCH3 is 1. The van der Waals surface area contributed by atoms with Crippen LogP contribution >= 0.6 is 15.9 Å². The number of nitrogens with zero attached hydrogens (tertiary/aromatic N) is 3. The van der Waals surface area contributed by atoms with Gasteiger partial charge in [-0.1, -0.05) is 71.2 Å². The number of hydrogen-bond donors (Lipinski definition) is 1. The molecule has 44 heavy (non-hydrogen) atoms. The molecule has 0 aliphatic heterocycles. The number of carbonyl (C=O) groups is 2. The molecule has 0 radical (unpaired) electrons. The minimum absolute atomic E-state index is 0.00903. The van der Waals surface area contributed by atoms with E-state index in [1.165, 1.54) is 24.1 Å². The van der Waals surface area contributed by atoms with Crippen LogP contribution in [0.1, 0.15) is 36.8 Å². The third-order valence-corrected chi connectivity index (χ3v) is 9.16. The summed E-state index contributed by atoms with van der Waals surface area (Å²) in [5, 5.41) is 14.7. The van der Waals surface area contributed by atoms with Crippen LogP contribution in [0.2, 0.25) is 0 Å². The summed E-state index contributed by atoms with van der Waals surface area (Å²) in [5.41, 5.74) is 1.02. The van der Waals surface area contributed by atoms with Crippen LogP contribution in [0.5, 0.6) is 5.75 Å². The summed E-state index contributed by atoms with van der Waals surface area (Å²) in [6.07, 6.45) is 4.80. The van der Waals surface area contributed by atoms with Crippen molar-refractivity contribution in [3.8, 4) is 5.75 Å². The van der Waals surface area contributed by atoms with Gasteiger partial charge in [0.1, 0.15) is 24.0 Å². The Labute approximate surface area is 265 Å². The maximum atomic E-state index is 14.3. The summed E-state index contributed by atoms with van der Waals surface area (Å²) in [6, 6.07) is 19.1. The van der Waals surface area contributed by atoms with Crippen LogP contribution in [0.15, 0.2) is 77.3 Å². The molecule has 0 spiro atoms. The number of nitrogens with one attached hydrogen (secondary N) is 1. The van der Waals surface area contributed by atoms with E-state index in [1.54, 1.807) is 0 Å². The lowest BCUT2D eigenvalue weighted by atomic mass is 10.0. The molecular weight excluding hydrogens is 652 g/mol. The van der Waals surface area contributed by atoms with Crippen molar-refractivity contribution in [3.63, 3.8) is 0 Å². The predicted molar refractivity (Wildman–Crippen MR) is 171 cm³/mol. The molecule has 11 nitrogen and oxygen atoms in total. The molecular formula is C31H35BrN4O7S. The highest BCUT2D eigenvalue weighted by molar-refractivity contribution is 9.10. The molecule has 1 aliphatic carbocycles. The van der Waals surface area contributed by atoms with Crippen LogP contribution in [-0.2, 0) is 32.6 Å². The number of non-ortho nitro benzene ring substituents is 1. The molecule has 13 heteroatoms. The van der Waals surface area contributed by atoms with E-state index >= 15 is 0 Å². The molecule has 3 aromatic rings. The van der Waals surface area contributed by atoms with Crippen molar-refractivity contribution < 1.29 is 27.7 Å². The number of benzene rings is 3. The van der Waals surface area contributed by atoms with Gasteiger partial charge in [-0.05, 0) is 42.2 Å². The summed E-state index contributed by atoms with van der Waals surface area (Å²) in [5.74, 6) is -0.957. The summed E-state index contributed by atoms with van der Waals surface area (Å²) in [7, 11) is -2.85. The fraction of sp³-hybridized carbons (Fsp3) is 0.355. The molecule has 2 amide bonds. The molecule has 234 valence electrons. The minimum atomic E-state index is -4.15. The Hall–Kier alpha value is -3.97. The average molecular weight is 688 g/mol. The minimum Gasteiger partial charge on any atom is -0.495 e. The molecule has 0 aromatic heterocycles. The number of carbonyl (C=O) groups excluding carboxylic acids is 2. The van der Waals surface area contributed by atoms with Crippen LogP contribution in [0.25, 0.3) is 0 Å². The fourth-order valence-electron chi connectivity index (χ4n) is 5.34. The van der Waals surface area contributed by atoms with Gasteiger partial charge < -0.3 is 15.0 Å². The first-order chi connectivity index (χ1) is 21.0. The number of sulfonamides is 1. The van der Waals surface area contributed by atoms with Crippen LogP contribution in [0, 0.1) is 10.1 Å². The van der Waals surface area contributed by atoms with Gasteiger partial charge in [-0.15, -0.1) is 0 Å². The molecule has 4 rings (SSSR count). The molecule has 1 N–H and O–H groups in total. The van der Waals surface area contributed by atoms with Crippen LogP contribution in [0.3, 0.4) is 0 Å². The van der Waals surface area contributed by atoms with Gasteiger partial charge >= 0.3 is 0 Å². The van der Waals surface area contributed by atoms with Crippen molar-refractivity contribution in [2.45, 2.75) is 50.7 Å². The second-order valence-electron chi connectivity index (χ2n) is 10.7. The van der Waals surface area contributed by atoms with Gasteiger partial charge in [0.15, 0.2) is 0 Å². The Balaban J connectivity index is 1.78. The highest BCUT2D eigenvalue weighted by Gasteiger charge is 2.35. The zero-order chi connectivity index (χ0) is 31.9. The van der Waals surface area contributed by atoms with E-state index in [1.807, 2.05) is 54.6 Å². The van der Waals surface area contributed by atoms with Crippen LogP contribution in [0.4, 0.5) is 11.4 Å². The normalized spacial score (nSPS) is 14.1. The lowest BCUT2D eigenvalue weighted by Crippen LogP contribution is -2.54. The topological polar surface area (TPSA) is 139 Å². The van der Waals surface area contributed by atoms with Crippen molar-refractivity contribution in [3.05, 3.63) is 98.5 Å². The molecule has 0 heterocycles. The maximum absolute atomic E-state index is 14.3. The van der Waals surface area contributed by atoms with Gasteiger partial charge in [-0.2, -0.15) is 0 Å². The van der Waals surface area contributed by atoms with Crippen molar-refractivity contribution in [2.75, 3.05) is 24.2 Å². The lowest BCUT2D eigenvalue weighted by Gasteiger charge is -2.34. The van der Waals surface area contributed by atoms with Crippen molar-refractivity contribution in [1.29, 1.82) is 0 Å². The van der Waals surface area contributed by atoms with Gasteiger partial charge in [0.2, 0.25) is 21.8 Å². The third kappa shape index (κ3) is 8.56. The van der Waals surface area contributed by atoms with E-state index in [2.05, 4.69) is 21.2 Å². The highest BCUT2D eigenvalue weighted by atomic mass is 79.9. The Morgan fingerprint density at radius 1 is 1.05 bits per heavy atom. The molecule has 3 aromatic carbocycles. The van der Waals surface area contributed by atoms with E-state index < -0.39 is 33.4 Å². The quantitative estimate of drug-likeness (QED) is 0.201. The molecule has 1 unspecified atom stereocenters. The number of ether oxygens (including phenoxy) is 1. The molecule has 0 bridgehead atoms. The highest BCUT2D eigenvalue weighted by Crippen LogP contribution is 2.34. The summed E-state index contributed by atoms with van der Waals surface area (Å²) in [4.78, 5) is 40.5.